The molecule has 2 fully saturated rings. The van der Waals surface area contributed by atoms with Crippen molar-refractivity contribution in [1.82, 2.24) is 0 Å². The number of nitro groups is 1. The van der Waals surface area contributed by atoms with Crippen LogP contribution >= 0.6 is 0 Å². The van der Waals surface area contributed by atoms with Crippen LogP contribution < -0.4 is 0 Å². The summed E-state index contributed by atoms with van der Waals surface area (Å²) >= 11 is 0. The number of rotatable bonds is 1. The predicted octanol–water partition coefficient (Wildman–Crippen LogP) is 3.01. The summed E-state index contributed by atoms with van der Waals surface area (Å²) < 4.78 is 0. The first-order chi connectivity index (χ1) is 6.62. The fourth-order valence-corrected chi connectivity index (χ4v) is 3.34. The van der Waals surface area contributed by atoms with Gasteiger partial charge in [0, 0.05) is 17.8 Å². The zero-order valence-corrected chi connectivity index (χ0v) is 8.87. The minimum Gasteiger partial charge on any atom is -0.264 e. The Hall–Kier alpha value is -0.600. The summed E-state index contributed by atoms with van der Waals surface area (Å²) in [6.45, 7) is 2.34. The van der Waals surface area contributed by atoms with Crippen LogP contribution in [0, 0.1) is 21.4 Å². The highest BCUT2D eigenvalue weighted by molar-refractivity contribution is 4.91. The summed E-state index contributed by atoms with van der Waals surface area (Å²) in [5.41, 5.74) is 0.435. The van der Waals surface area contributed by atoms with Gasteiger partial charge < -0.3 is 0 Å². The Kier molecular flexibility index (Phi) is 2.50. The van der Waals surface area contributed by atoms with Crippen molar-refractivity contribution in [2.24, 2.45) is 11.3 Å². The van der Waals surface area contributed by atoms with Gasteiger partial charge in [0.15, 0.2) is 0 Å². The van der Waals surface area contributed by atoms with Crippen molar-refractivity contribution in [3.05, 3.63) is 10.1 Å². The normalized spacial score (nSPS) is 42.9. The van der Waals surface area contributed by atoms with E-state index in [1.165, 1.54) is 25.7 Å². The second-order valence-electron chi connectivity index (χ2n) is 5.31. The van der Waals surface area contributed by atoms with Gasteiger partial charge in [-0.15, -0.1) is 0 Å². The maximum Gasteiger partial charge on any atom is 0.213 e. The lowest BCUT2D eigenvalue weighted by molar-refractivity contribution is -0.530. The van der Waals surface area contributed by atoms with E-state index < -0.39 is 0 Å². The van der Waals surface area contributed by atoms with Crippen LogP contribution in [0.2, 0.25) is 0 Å². The molecule has 1 unspecified atom stereocenters. The molecule has 0 amide bonds. The third-order valence-electron chi connectivity index (χ3n) is 4.44. The molecule has 0 saturated heterocycles. The Morgan fingerprint density at radius 3 is 2.79 bits per heavy atom. The van der Waals surface area contributed by atoms with Crippen LogP contribution in [0.25, 0.3) is 0 Å². The van der Waals surface area contributed by atoms with Gasteiger partial charge in [-0.1, -0.05) is 19.8 Å². The summed E-state index contributed by atoms with van der Waals surface area (Å²) in [5.74, 6) is 0.625. The molecule has 80 valence electrons. The maximum atomic E-state index is 10.7. The molecule has 2 rings (SSSR count). The fourth-order valence-electron chi connectivity index (χ4n) is 3.34. The zero-order valence-electron chi connectivity index (χ0n) is 8.87. The van der Waals surface area contributed by atoms with E-state index in [-0.39, 0.29) is 11.0 Å². The largest absolute Gasteiger partial charge is 0.264 e. The minimum atomic E-state index is -0.244. The second kappa shape index (κ2) is 3.52. The molecule has 14 heavy (non-hydrogen) atoms. The Bertz CT molecular complexity index is 241. The lowest BCUT2D eigenvalue weighted by atomic mass is 9.60. The van der Waals surface area contributed by atoms with Crippen molar-refractivity contribution in [2.45, 2.75) is 57.9 Å². The van der Waals surface area contributed by atoms with Gasteiger partial charge in [-0.3, -0.25) is 10.1 Å². The molecule has 3 atom stereocenters. The number of hydrogen-bond donors (Lipinski definition) is 0. The molecule has 0 spiro atoms. The summed E-state index contributed by atoms with van der Waals surface area (Å²) in [7, 11) is 0. The Morgan fingerprint density at radius 1 is 1.29 bits per heavy atom. The average molecular weight is 197 g/mol. The molecule has 0 aromatic heterocycles. The van der Waals surface area contributed by atoms with E-state index in [1.807, 2.05) is 0 Å². The van der Waals surface area contributed by atoms with Crippen molar-refractivity contribution in [2.75, 3.05) is 0 Å². The van der Waals surface area contributed by atoms with Crippen LogP contribution in [0.1, 0.15) is 51.9 Å². The third-order valence-corrected chi connectivity index (χ3v) is 4.44. The Labute approximate surface area is 85.0 Å². The van der Waals surface area contributed by atoms with E-state index in [2.05, 4.69) is 6.92 Å². The number of fused-ring (bicyclic) bond motifs is 1. The topological polar surface area (TPSA) is 43.1 Å². The van der Waals surface area contributed by atoms with Gasteiger partial charge >= 0.3 is 0 Å². The highest BCUT2D eigenvalue weighted by atomic mass is 16.6. The van der Waals surface area contributed by atoms with Crippen LogP contribution in [0.5, 0.6) is 0 Å². The van der Waals surface area contributed by atoms with Crippen LogP contribution in [0.4, 0.5) is 0 Å². The van der Waals surface area contributed by atoms with E-state index in [0.717, 1.165) is 19.3 Å². The van der Waals surface area contributed by atoms with Crippen LogP contribution in [0.15, 0.2) is 0 Å². The van der Waals surface area contributed by atoms with Crippen molar-refractivity contribution in [3.8, 4) is 0 Å². The van der Waals surface area contributed by atoms with Gasteiger partial charge in [0.1, 0.15) is 0 Å². The second-order valence-corrected chi connectivity index (χ2v) is 5.31. The molecule has 2 aliphatic carbocycles. The van der Waals surface area contributed by atoms with Gasteiger partial charge in [-0.05, 0) is 30.6 Å². The van der Waals surface area contributed by atoms with E-state index >= 15 is 0 Å². The molecule has 0 aliphatic heterocycles. The lowest BCUT2D eigenvalue weighted by Crippen LogP contribution is -2.41. The molecule has 2 saturated carbocycles. The Morgan fingerprint density at radius 2 is 2.07 bits per heavy atom. The smallest absolute Gasteiger partial charge is 0.213 e. The monoisotopic (exact) mass is 197 g/mol. The average Bonchev–Trinajstić information content (AvgIpc) is 2.16. The quantitative estimate of drug-likeness (QED) is 0.479. The molecule has 3 nitrogen and oxygen atoms in total. The SMILES string of the molecule is C[C@@]12CCCCC1C[C@@H]([N+](=O)[O-])CC2. The highest BCUT2D eigenvalue weighted by Gasteiger charge is 2.44. The standard InChI is InChI=1S/C11H19NO2/c1-11-6-3-2-4-9(11)8-10(5-7-11)12(13)14/h9-10H,2-8H2,1H3/t9?,10-,11-/m0/s1. The first-order valence-corrected chi connectivity index (χ1v) is 5.75. The maximum absolute atomic E-state index is 10.7. The van der Waals surface area contributed by atoms with Gasteiger partial charge in [-0.2, -0.15) is 0 Å². The summed E-state index contributed by atoms with van der Waals surface area (Å²) in [6, 6.07) is -0.244. The summed E-state index contributed by atoms with van der Waals surface area (Å²) in [5, 5.41) is 10.7. The van der Waals surface area contributed by atoms with Crippen LogP contribution in [-0.2, 0) is 0 Å². The van der Waals surface area contributed by atoms with E-state index in [0.29, 0.717) is 11.3 Å². The van der Waals surface area contributed by atoms with Gasteiger partial charge in [0.25, 0.3) is 0 Å². The molecule has 0 radical (unpaired) electrons. The zero-order chi connectivity index (χ0) is 10.2. The Balaban J connectivity index is 2.05. The minimum absolute atomic E-state index is 0.0613. The van der Waals surface area contributed by atoms with Crippen molar-refractivity contribution < 1.29 is 4.92 Å². The molecule has 0 bridgehead atoms. The molecule has 3 heteroatoms. The first-order valence-electron chi connectivity index (χ1n) is 5.75. The lowest BCUT2D eigenvalue weighted by Gasteiger charge is -2.45. The first kappa shape index (κ1) is 9.94. The molecule has 0 aromatic rings. The van der Waals surface area contributed by atoms with E-state index in [9.17, 15) is 10.1 Å². The van der Waals surface area contributed by atoms with Crippen molar-refractivity contribution in [3.63, 3.8) is 0 Å². The molecule has 0 N–H and O–H groups in total. The van der Waals surface area contributed by atoms with Crippen molar-refractivity contribution in [1.29, 1.82) is 0 Å². The molecule has 0 heterocycles. The van der Waals surface area contributed by atoms with Gasteiger partial charge in [0.05, 0.1) is 0 Å². The predicted molar refractivity (Wildman–Crippen MR) is 54.7 cm³/mol. The highest BCUT2D eigenvalue weighted by Crippen LogP contribution is 2.50. The van der Waals surface area contributed by atoms with E-state index in [4.69, 9.17) is 0 Å². The van der Waals surface area contributed by atoms with Gasteiger partial charge in [-0.25, -0.2) is 0 Å². The van der Waals surface area contributed by atoms with Crippen LogP contribution in [0.3, 0.4) is 0 Å². The fraction of sp³-hybridized carbons (Fsp3) is 1.00. The summed E-state index contributed by atoms with van der Waals surface area (Å²) in [6.07, 6.45) is 7.84. The summed E-state index contributed by atoms with van der Waals surface area (Å²) in [4.78, 5) is 10.7. The van der Waals surface area contributed by atoms with E-state index in [1.54, 1.807) is 0 Å². The molecular weight excluding hydrogens is 178 g/mol. The van der Waals surface area contributed by atoms with Crippen molar-refractivity contribution >= 4 is 0 Å². The molecule has 2 aliphatic rings. The molecular formula is C11H19NO2. The molecule has 0 aromatic carbocycles. The third kappa shape index (κ3) is 1.64. The van der Waals surface area contributed by atoms with Gasteiger partial charge in [0.2, 0.25) is 6.04 Å². The van der Waals surface area contributed by atoms with Crippen LogP contribution in [-0.4, -0.2) is 11.0 Å². The number of hydrogen-bond acceptors (Lipinski definition) is 2. The number of nitrogens with zero attached hydrogens (tertiary/aromatic N) is 1.